The molecule has 0 spiro atoms. The number of amides is 1. The van der Waals surface area contributed by atoms with E-state index in [1.54, 1.807) is 34.3 Å². The van der Waals surface area contributed by atoms with Gasteiger partial charge in [-0.2, -0.15) is 0 Å². The summed E-state index contributed by atoms with van der Waals surface area (Å²) < 4.78 is 0. The van der Waals surface area contributed by atoms with E-state index in [0.717, 1.165) is 5.69 Å². The average Bonchev–Trinajstić information content (AvgIpc) is 2.75. The largest absolute Gasteiger partial charge is 0.372 e. The fourth-order valence-corrected chi connectivity index (χ4v) is 3.23. The van der Waals surface area contributed by atoms with Crippen LogP contribution in [0.25, 0.3) is 0 Å². The van der Waals surface area contributed by atoms with E-state index in [2.05, 4.69) is 0 Å². The Morgan fingerprint density at radius 1 is 0.815 bits per heavy atom. The lowest BCUT2D eigenvalue weighted by molar-refractivity contribution is -0.148. The highest BCUT2D eigenvalue weighted by Gasteiger charge is 2.43. The number of carbonyl (C=O) groups is 1. The Hall–Kier alpha value is -3.11. The van der Waals surface area contributed by atoms with Crippen LogP contribution in [0.5, 0.6) is 0 Å². The minimum absolute atomic E-state index is 0.395. The van der Waals surface area contributed by atoms with Crippen LogP contribution in [-0.4, -0.2) is 29.6 Å². The summed E-state index contributed by atoms with van der Waals surface area (Å²) in [5.41, 5.74) is 0.181. The molecule has 3 aromatic carbocycles. The second kappa shape index (κ2) is 8.06. The number of hydrazine groups is 1. The van der Waals surface area contributed by atoms with Crippen molar-refractivity contribution < 1.29 is 9.90 Å². The summed E-state index contributed by atoms with van der Waals surface area (Å²) in [6.45, 7) is 2.32. The highest BCUT2D eigenvalue weighted by Crippen LogP contribution is 2.32. The number of rotatable bonds is 6. The van der Waals surface area contributed by atoms with Gasteiger partial charge in [-0.15, -0.1) is 0 Å². The van der Waals surface area contributed by atoms with E-state index in [1.807, 2.05) is 80.7 Å². The molecule has 138 valence electrons. The molecule has 0 atom stereocenters. The van der Waals surface area contributed by atoms with Crippen molar-refractivity contribution in [2.45, 2.75) is 12.5 Å². The molecule has 0 saturated heterocycles. The number of hydrogen-bond donors (Lipinski definition) is 1. The smallest absolute Gasteiger partial charge is 0.282 e. The first-order chi connectivity index (χ1) is 13.1. The van der Waals surface area contributed by atoms with Crippen LogP contribution in [0.4, 0.5) is 5.69 Å². The maximum absolute atomic E-state index is 13.6. The fraction of sp³-hybridized carbons (Fsp3) is 0.174. The van der Waals surface area contributed by atoms with Gasteiger partial charge < -0.3 is 5.11 Å². The van der Waals surface area contributed by atoms with Gasteiger partial charge in [-0.25, -0.2) is 0 Å². The molecule has 0 radical (unpaired) electrons. The van der Waals surface area contributed by atoms with Gasteiger partial charge in [0, 0.05) is 13.6 Å². The molecule has 27 heavy (non-hydrogen) atoms. The summed E-state index contributed by atoms with van der Waals surface area (Å²) in [5, 5.41) is 15.0. The second-order valence-electron chi connectivity index (χ2n) is 6.32. The quantitative estimate of drug-likeness (QED) is 0.680. The molecular formula is C23H24N2O2. The highest BCUT2D eigenvalue weighted by molar-refractivity contribution is 5.91. The van der Waals surface area contributed by atoms with Crippen LogP contribution < -0.4 is 5.01 Å². The molecule has 1 amide bonds. The fourth-order valence-electron chi connectivity index (χ4n) is 3.23. The molecule has 0 aromatic heterocycles. The first-order valence-corrected chi connectivity index (χ1v) is 9.03. The molecule has 0 saturated carbocycles. The number of benzene rings is 3. The van der Waals surface area contributed by atoms with Crippen LogP contribution in [0.15, 0.2) is 91.0 Å². The molecule has 3 aromatic rings. The number of para-hydroxylation sites is 1. The summed E-state index contributed by atoms with van der Waals surface area (Å²) in [5.74, 6) is -0.395. The van der Waals surface area contributed by atoms with Gasteiger partial charge in [0.05, 0.1) is 5.69 Å². The molecule has 0 aliphatic rings. The lowest BCUT2D eigenvalue weighted by Gasteiger charge is -2.39. The molecule has 0 bridgehead atoms. The molecule has 3 rings (SSSR count). The Bertz CT molecular complexity index is 827. The molecular weight excluding hydrogens is 336 g/mol. The second-order valence-corrected chi connectivity index (χ2v) is 6.32. The number of hydrogen-bond acceptors (Lipinski definition) is 3. The van der Waals surface area contributed by atoms with E-state index in [4.69, 9.17) is 0 Å². The summed E-state index contributed by atoms with van der Waals surface area (Å²) >= 11 is 0. The number of carbonyl (C=O) groups excluding carboxylic acids is 1. The predicted octanol–water partition coefficient (Wildman–Crippen LogP) is 3.82. The lowest BCUT2D eigenvalue weighted by atomic mass is 9.85. The molecule has 4 nitrogen and oxygen atoms in total. The molecule has 0 fully saturated rings. The lowest BCUT2D eigenvalue weighted by Crippen LogP contribution is -2.54. The Balaban J connectivity index is 2.07. The summed E-state index contributed by atoms with van der Waals surface area (Å²) in [4.78, 5) is 13.6. The third-order valence-electron chi connectivity index (χ3n) is 4.72. The number of aliphatic hydroxyl groups is 1. The van der Waals surface area contributed by atoms with Crippen LogP contribution in [0.3, 0.4) is 0 Å². The maximum Gasteiger partial charge on any atom is 0.282 e. The van der Waals surface area contributed by atoms with E-state index in [9.17, 15) is 9.90 Å². The summed E-state index contributed by atoms with van der Waals surface area (Å²) in [7, 11) is 1.83. The van der Waals surface area contributed by atoms with Crippen LogP contribution in [0.1, 0.15) is 18.1 Å². The van der Waals surface area contributed by atoms with E-state index in [1.165, 1.54) is 0 Å². The molecule has 0 aliphatic heterocycles. The van der Waals surface area contributed by atoms with E-state index >= 15 is 0 Å². The maximum atomic E-state index is 13.6. The van der Waals surface area contributed by atoms with Crippen LogP contribution >= 0.6 is 0 Å². The average molecular weight is 360 g/mol. The Morgan fingerprint density at radius 2 is 1.22 bits per heavy atom. The number of likely N-dealkylation sites (N-methyl/N-ethyl adjacent to an activating group) is 1. The molecule has 0 unspecified atom stereocenters. The SMILES string of the molecule is CCN(C(=O)C(O)(c1ccccc1)c1ccccc1)N(C)c1ccccc1. The zero-order valence-electron chi connectivity index (χ0n) is 15.6. The van der Waals surface area contributed by atoms with E-state index in [-0.39, 0.29) is 0 Å². The van der Waals surface area contributed by atoms with Crippen LogP contribution in [0, 0.1) is 0 Å². The zero-order chi connectivity index (χ0) is 19.3. The standard InChI is InChI=1S/C23H24N2O2/c1-3-25(24(2)21-17-11-6-12-18-21)22(26)23(27,19-13-7-4-8-14-19)20-15-9-5-10-16-20/h4-18,27H,3H2,1-2H3. The molecule has 1 N–H and O–H groups in total. The van der Waals surface area contributed by atoms with Crippen LogP contribution in [0.2, 0.25) is 0 Å². The molecule has 0 heterocycles. The van der Waals surface area contributed by atoms with Crippen molar-refractivity contribution in [3.8, 4) is 0 Å². The third kappa shape index (κ3) is 3.57. The van der Waals surface area contributed by atoms with Crippen molar-refractivity contribution in [1.29, 1.82) is 0 Å². The summed E-state index contributed by atoms with van der Waals surface area (Å²) in [6.07, 6.45) is 0. The monoisotopic (exact) mass is 360 g/mol. The van der Waals surface area contributed by atoms with Crippen LogP contribution in [-0.2, 0) is 10.4 Å². The summed E-state index contributed by atoms with van der Waals surface area (Å²) in [6, 6.07) is 27.8. The topological polar surface area (TPSA) is 43.8 Å². The van der Waals surface area contributed by atoms with Gasteiger partial charge in [0.15, 0.2) is 5.60 Å². The zero-order valence-corrected chi connectivity index (χ0v) is 15.6. The first-order valence-electron chi connectivity index (χ1n) is 9.03. The minimum Gasteiger partial charge on any atom is -0.372 e. The first kappa shape index (κ1) is 18.7. The number of anilines is 1. The third-order valence-corrected chi connectivity index (χ3v) is 4.72. The van der Waals surface area contributed by atoms with Crippen molar-refractivity contribution in [1.82, 2.24) is 5.01 Å². The van der Waals surface area contributed by atoms with Gasteiger partial charge in [0.1, 0.15) is 0 Å². The molecule has 4 heteroatoms. The Morgan fingerprint density at radius 3 is 1.63 bits per heavy atom. The van der Waals surface area contributed by atoms with Gasteiger partial charge in [-0.05, 0) is 30.2 Å². The predicted molar refractivity (Wildman–Crippen MR) is 108 cm³/mol. The van der Waals surface area contributed by atoms with Crippen molar-refractivity contribution in [3.63, 3.8) is 0 Å². The van der Waals surface area contributed by atoms with Crippen molar-refractivity contribution in [2.75, 3.05) is 18.6 Å². The van der Waals surface area contributed by atoms with Gasteiger partial charge in [0.25, 0.3) is 5.91 Å². The van der Waals surface area contributed by atoms with Gasteiger partial charge in [-0.3, -0.25) is 14.8 Å². The Labute approximate surface area is 160 Å². The van der Waals surface area contributed by atoms with Crippen molar-refractivity contribution in [3.05, 3.63) is 102 Å². The van der Waals surface area contributed by atoms with E-state index in [0.29, 0.717) is 17.7 Å². The van der Waals surface area contributed by atoms with Gasteiger partial charge in [-0.1, -0.05) is 78.9 Å². The number of nitrogens with zero attached hydrogens (tertiary/aromatic N) is 2. The minimum atomic E-state index is -1.78. The molecule has 0 aliphatic carbocycles. The highest BCUT2D eigenvalue weighted by atomic mass is 16.3. The van der Waals surface area contributed by atoms with Crippen molar-refractivity contribution in [2.24, 2.45) is 0 Å². The van der Waals surface area contributed by atoms with Gasteiger partial charge >= 0.3 is 0 Å². The van der Waals surface area contributed by atoms with E-state index < -0.39 is 11.5 Å². The van der Waals surface area contributed by atoms with Gasteiger partial charge in [0.2, 0.25) is 0 Å². The van der Waals surface area contributed by atoms with Crippen molar-refractivity contribution >= 4 is 11.6 Å². The Kier molecular flexibility index (Phi) is 5.57. The normalized spacial score (nSPS) is 11.1.